The lowest BCUT2D eigenvalue weighted by Crippen LogP contribution is -2.22. The Morgan fingerprint density at radius 1 is 0.923 bits per heavy atom. The number of rotatable bonds is 12. The van der Waals surface area contributed by atoms with Crippen molar-refractivity contribution in [2.45, 2.75) is 47.0 Å². The number of phenols is 1. The summed E-state index contributed by atoms with van der Waals surface area (Å²) in [6, 6.07) is 10.4. The van der Waals surface area contributed by atoms with Gasteiger partial charge in [-0.2, -0.15) is 0 Å². The number of aromatic hydroxyl groups is 1. The predicted octanol–water partition coefficient (Wildman–Crippen LogP) is 6.72. The van der Waals surface area contributed by atoms with Crippen LogP contribution in [0.15, 0.2) is 68.9 Å². The Kier molecular flexibility index (Phi) is 9.71. The highest BCUT2D eigenvalue weighted by Gasteiger charge is 2.21. The molecule has 2 heterocycles. The second kappa shape index (κ2) is 13.4. The fraction of sp³-hybridized carbons (Fsp3) is 0.406. The first-order valence-corrected chi connectivity index (χ1v) is 13.6. The van der Waals surface area contributed by atoms with Crippen molar-refractivity contribution in [1.29, 1.82) is 0 Å². The van der Waals surface area contributed by atoms with E-state index in [0.717, 1.165) is 31.6 Å². The Balaban J connectivity index is 1.66. The monoisotopic (exact) mass is 533 g/mol. The molecule has 0 saturated carbocycles. The first-order valence-electron chi connectivity index (χ1n) is 13.6. The minimum Gasteiger partial charge on any atom is -0.507 e. The van der Waals surface area contributed by atoms with Gasteiger partial charge in [-0.3, -0.25) is 4.79 Å². The van der Waals surface area contributed by atoms with E-state index in [9.17, 15) is 9.90 Å². The number of fused-ring (bicyclic) bond motifs is 1. The maximum Gasteiger partial charge on any atom is 0.239 e. The molecule has 1 aliphatic rings. The van der Waals surface area contributed by atoms with Gasteiger partial charge in [0.05, 0.1) is 6.61 Å². The molecule has 0 amide bonds. The minimum absolute atomic E-state index is 0.0736. The highest BCUT2D eigenvalue weighted by Crippen LogP contribution is 2.36. The smallest absolute Gasteiger partial charge is 0.239 e. The van der Waals surface area contributed by atoms with Crippen LogP contribution in [-0.4, -0.2) is 49.5 Å². The molecule has 1 fully saturated rings. The zero-order valence-corrected chi connectivity index (χ0v) is 23.4. The Labute approximate surface area is 230 Å². The van der Waals surface area contributed by atoms with E-state index < -0.39 is 5.43 Å². The lowest BCUT2D eigenvalue weighted by Gasteiger charge is -2.16. The van der Waals surface area contributed by atoms with Crippen molar-refractivity contribution >= 4 is 11.0 Å². The molecule has 39 heavy (non-hydrogen) atoms. The van der Waals surface area contributed by atoms with Gasteiger partial charge in [0.2, 0.25) is 11.2 Å². The minimum atomic E-state index is -0.412. The van der Waals surface area contributed by atoms with E-state index in [4.69, 9.17) is 18.6 Å². The Morgan fingerprint density at radius 3 is 2.21 bits per heavy atom. The molecular formula is C32H39NO6. The van der Waals surface area contributed by atoms with Crippen LogP contribution in [0.4, 0.5) is 0 Å². The van der Waals surface area contributed by atoms with E-state index >= 15 is 0 Å². The van der Waals surface area contributed by atoms with Gasteiger partial charge < -0.3 is 28.6 Å². The fourth-order valence-corrected chi connectivity index (χ4v) is 4.44. The third kappa shape index (κ3) is 7.67. The molecule has 2 aromatic carbocycles. The number of likely N-dealkylation sites (tertiary alicyclic amines) is 1. The number of allylic oxidation sites excluding steroid dienone is 2. The number of ether oxygens (including phenoxy) is 3. The van der Waals surface area contributed by atoms with Gasteiger partial charge in [-0.25, -0.2) is 0 Å². The quantitative estimate of drug-likeness (QED) is 0.204. The normalized spacial score (nSPS) is 13.3. The van der Waals surface area contributed by atoms with Gasteiger partial charge in [0.15, 0.2) is 5.76 Å². The average molecular weight is 534 g/mol. The molecule has 0 aliphatic carbocycles. The summed E-state index contributed by atoms with van der Waals surface area (Å²) in [5.74, 6) is 1.32. The molecule has 1 aromatic heterocycles. The number of benzene rings is 2. The zero-order valence-electron chi connectivity index (χ0n) is 23.4. The van der Waals surface area contributed by atoms with E-state index in [-0.39, 0.29) is 22.5 Å². The third-order valence-electron chi connectivity index (χ3n) is 6.57. The van der Waals surface area contributed by atoms with Crippen molar-refractivity contribution in [2.75, 3.05) is 39.5 Å². The molecule has 1 aliphatic heterocycles. The van der Waals surface area contributed by atoms with Crippen molar-refractivity contribution in [3.8, 4) is 34.3 Å². The molecule has 1 saturated heterocycles. The Bertz CT molecular complexity index is 1370. The Morgan fingerprint density at radius 2 is 1.56 bits per heavy atom. The summed E-state index contributed by atoms with van der Waals surface area (Å²) in [5, 5.41) is 10.8. The summed E-state index contributed by atoms with van der Waals surface area (Å²) in [6.07, 6.45) is 7.19. The lowest BCUT2D eigenvalue weighted by atomic mass is 10.1. The van der Waals surface area contributed by atoms with Crippen molar-refractivity contribution in [3.63, 3.8) is 0 Å². The first-order chi connectivity index (χ1) is 18.8. The summed E-state index contributed by atoms with van der Waals surface area (Å²) in [5.41, 5.74) is 2.80. The van der Waals surface area contributed by atoms with E-state index in [1.807, 2.05) is 64.1 Å². The standard InChI is InChI=1S/C32H39NO6/c1-22(2)12-18-36-25-10-8-24(9-11-25)31-32(38-17-7-16-33-14-5-6-15-33)30(35)29-27(34)20-26(21-28(29)39-31)37-19-13-23(3)4/h8-13,20-21,34H,5-7,14-19H2,1-4H3. The molecule has 0 radical (unpaired) electrons. The highest BCUT2D eigenvalue weighted by molar-refractivity contribution is 5.88. The van der Waals surface area contributed by atoms with Gasteiger partial charge in [0.25, 0.3) is 0 Å². The molecule has 1 N–H and O–H groups in total. The van der Waals surface area contributed by atoms with Gasteiger partial charge >= 0.3 is 0 Å². The predicted molar refractivity (Wildman–Crippen MR) is 155 cm³/mol. The SMILES string of the molecule is CC(C)=CCOc1ccc(-c2oc3cc(OCC=C(C)C)cc(O)c3c(=O)c2OCCCN2CCCC2)cc1. The Hall–Kier alpha value is -3.71. The van der Waals surface area contributed by atoms with Gasteiger partial charge in [0, 0.05) is 24.2 Å². The van der Waals surface area contributed by atoms with E-state index in [0.29, 0.717) is 42.6 Å². The van der Waals surface area contributed by atoms with Crippen molar-refractivity contribution in [3.05, 3.63) is 69.9 Å². The molecule has 4 rings (SSSR count). The maximum absolute atomic E-state index is 13.6. The molecule has 0 spiro atoms. The van der Waals surface area contributed by atoms with Crippen LogP contribution in [0.1, 0.15) is 47.0 Å². The van der Waals surface area contributed by atoms with Crippen LogP contribution < -0.4 is 19.6 Å². The van der Waals surface area contributed by atoms with Crippen molar-refractivity contribution in [1.82, 2.24) is 4.90 Å². The van der Waals surface area contributed by atoms with Crippen LogP contribution in [0, 0.1) is 0 Å². The van der Waals surface area contributed by atoms with Gasteiger partial charge in [0.1, 0.15) is 41.4 Å². The molecule has 208 valence electrons. The van der Waals surface area contributed by atoms with Crippen molar-refractivity contribution < 1.29 is 23.7 Å². The van der Waals surface area contributed by atoms with Crippen LogP contribution in [0.25, 0.3) is 22.3 Å². The van der Waals surface area contributed by atoms with Crippen molar-refractivity contribution in [2.24, 2.45) is 0 Å². The summed E-state index contributed by atoms with van der Waals surface area (Å²) >= 11 is 0. The molecule has 3 aromatic rings. The van der Waals surface area contributed by atoms with Crippen LogP contribution in [0.2, 0.25) is 0 Å². The number of phenolic OH excluding ortho intramolecular Hbond substituents is 1. The number of hydrogen-bond acceptors (Lipinski definition) is 7. The molecule has 7 nitrogen and oxygen atoms in total. The second-order valence-electron chi connectivity index (χ2n) is 10.4. The van der Waals surface area contributed by atoms with Crippen LogP contribution >= 0.6 is 0 Å². The fourth-order valence-electron chi connectivity index (χ4n) is 4.44. The summed E-state index contributed by atoms with van der Waals surface area (Å²) in [6.45, 7) is 12.3. The van der Waals surface area contributed by atoms with Gasteiger partial charge in [-0.15, -0.1) is 0 Å². The topological polar surface area (TPSA) is 81.4 Å². The molecule has 0 unspecified atom stereocenters. The lowest BCUT2D eigenvalue weighted by molar-refractivity contribution is 0.259. The van der Waals surface area contributed by atoms with E-state index in [2.05, 4.69) is 4.90 Å². The highest BCUT2D eigenvalue weighted by atomic mass is 16.5. The van der Waals surface area contributed by atoms with Gasteiger partial charge in [-0.05, 0) is 96.5 Å². The first kappa shape index (κ1) is 28.3. The second-order valence-corrected chi connectivity index (χ2v) is 10.4. The van der Waals surface area contributed by atoms with Crippen LogP contribution in [0.5, 0.6) is 23.0 Å². The molecule has 7 heteroatoms. The zero-order chi connectivity index (χ0) is 27.8. The third-order valence-corrected chi connectivity index (χ3v) is 6.57. The molecule has 0 bridgehead atoms. The summed E-state index contributed by atoms with van der Waals surface area (Å²) in [4.78, 5) is 16.1. The number of hydrogen-bond donors (Lipinski definition) is 1. The average Bonchev–Trinajstić information content (AvgIpc) is 3.41. The van der Waals surface area contributed by atoms with Crippen LogP contribution in [-0.2, 0) is 0 Å². The number of nitrogens with zero attached hydrogens (tertiary/aromatic N) is 1. The van der Waals surface area contributed by atoms with E-state index in [1.54, 1.807) is 6.07 Å². The van der Waals surface area contributed by atoms with Crippen LogP contribution in [0.3, 0.4) is 0 Å². The van der Waals surface area contributed by atoms with Gasteiger partial charge in [-0.1, -0.05) is 11.1 Å². The summed E-state index contributed by atoms with van der Waals surface area (Å²) in [7, 11) is 0. The largest absolute Gasteiger partial charge is 0.507 e. The van der Waals surface area contributed by atoms with E-state index in [1.165, 1.54) is 24.5 Å². The maximum atomic E-state index is 13.6. The molecular weight excluding hydrogens is 494 g/mol. The molecule has 0 atom stereocenters. The summed E-state index contributed by atoms with van der Waals surface area (Å²) < 4.78 is 23.9.